The smallest absolute Gasteiger partial charge is 0.343 e. The summed E-state index contributed by atoms with van der Waals surface area (Å²) in [6.45, 7) is 1.07. The van der Waals surface area contributed by atoms with E-state index in [1.807, 2.05) is 0 Å². The second-order valence-corrected chi connectivity index (χ2v) is 4.25. The Morgan fingerprint density at radius 3 is 2.71 bits per heavy atom. The molecule has 1 N–H and O–H groups in total. The van der Waals surface area contributed by atoms with Crippen molar-refractivity contribution in [2.75, 3.05) is 6.61 Å². The molecule has 0 bridgehead atoms. The highest BCUT2D eigenvalue weighted by Crippen LogP contribution is 2.16. The van der Waals surface area contributed by atoms with Crippen molar-refractivity contribution in [3.8, 4) is 0 Å². The molecule has 0 radical (unpaired) electrons. The van der Waals surface area contributed by atoms with Gasteiger partial charge in [0.15, 0.2) is 0 Å². The van der Waals surface area contributed by atoms with Crippen LogP contribution in [0, 0.1) is 5.82 Å². The van der Waals surface area contributed by atoms with Gasteiger partial charge in [0, 0.05) is 11.6 Å². The minimum Gasteiger partial charge on any atom is -0.480 e. The van der Waals surface area contributed by atoms with Gasteiger partial charge in [0.2, 0.25) is 5.43 Å². The number of halogens is 1. The van der Waals surface area contributed by atoms with E-state index < -0.39 is 29.7 Å². The summed E-state index contributed by atoms with van der Waals surface area (Å²) in [5.41, 5.74) is -1.17. The van der Waals surface area contributed by atoms with Crippen molar-refractivity contribution in [1.29, 1.82) is 0 Å². The van der Waals surface area contributed by atoms with Gasteiger partial charge in [0.05, 0.1) is 12.1 Å². The van der Waals surface area contributed by atoms with Crippen molar-refractivity contribution in [3.05, 3.63) is 46.0 Å². The van der Waals surface area contributed by atoms with Crippen molar-refractivity contribution >= 4 is 22.8 Å². The number of benzene rings is 1. The van der Waals surface area contributed by atoms with Gasteiger partial charge in [-0.2, -0.15) is 0 Å². The molecule has 0 aliphatic rings. The van der Waals surface area contributed by atoms with Crippen LogP contribution in [0.3, 0.4) is 0 Å². The first-order chi connectivity index (χ1) is 9.95. The van der Waals surface area contributed by atoms with E-state index in [1.54, 1.807) is 6.92 Å². The van der Waals surface area contributed by atoms with Crippen LogP contribution in [0.5, 0.6) is 0 Å². The van der Waals surface area contributed by atoms with Crippen molar-refractivity contribution in [2.24, 2.45) is 0 Å². The fourth-order valence-electron chi connectivity index (χ4n) is 2.04. The monoisotopic (exact) mass is 293 g/mol. The van der Waals surface area contributed by atoms with E-state index in [-0.39, 0.29) is 23.1 Å². The van der Waals surface area contributed by atoms with Gasteiger partial charge in [-0.25, -0.2) is 9.18 Å². The number of carbonyl (C=O) groups is 2. The van der Waals surface area contributed by atoms with Crippen molar-refractivity contribution in [1.82, 2.24) is 4.57 Å². The first-order valence-corrected chi connectivity index (χ1v) is 6.16. The summed E-state index contributed by atoms with van der Waals surface area (Å²) in [5.74, 6) is -2.83. The molecule has 0 unspecified atom stereocenters. The maximum atomic E-state index is 13.9. The molecule has 6 nitrogen and oxygen atoms in total. The van der Waals surface area contributed by atoms with E-state index in [9.17, 15) is 18.8 Å². The number of hydrogen-bond donors (Lipinski definition) is 1. The van der Waals surface area contributed by atoms with Gasteiger partial charge in [0.1, 0.15) is 17.9 Å². The lowest BCUT2D eigenvalue weighted by molar-refractivity contribution is -0.137. The number of carboxylic acid groups (broad SMARTS) is 1. The van der Waals surface area contributed by atoms with Crippen LogP contribution in [0.1, 0.15) is 17.3 Å². The first kappa shape index (κ1) is 14.7. The second-order valence-electron chi connectivity index (χ2n) is 4.25. The molecule has 1 aromatic heterocycles. The van der Waals surface area contributed by atoms with E-state index in [0.717, 1.165) is 16.8 Å². The van der Waals surface area contributed by atoms with E-state index in [4.69, 9.17) is 9.84 Å². The van der Waals surface area contributed by atoms with Crippen LogP contribution in [0.15, 0.2) is 29.2 Å². The minimum absolute atomic E-state index is 0.0678. The molecule has 110 valence electrons. The third-order valence-electron chi connectivity index (χ3n) is 2.85. The van der Waals surface area contributed by atoms with Crippen LogP contribution in [-0.2, 0) is 16.1 Å². The third kappa shape index (κ3) is 2.76. The molecule has 0 aliphatic heterocycles. The molecule has 0 spiro atoms. The number of para-hydroxylation sites is 1. The lowest BCUT2D eigenvalue weighted by Crippen LogP contribution is -2.23. The van der Waals surface area contributed by atoms with Crippen LogP contribution >= 0.6 is 0 Å². The molecule has 0 atom stereocenters. The normalized spacial score (nSPS) is 10.6. The number of aliphatic carboxylic acids is 1. The van der Waals surface area contributed by atoms with E-state index in [1.165, 1.54) is 12.1 Å². The van der Waals surface area contributed by atoms with Crippen LogP contribution in [0.2, 0.25) is 0 Å². The van der Waals surface area contributed by atoms with E-state index in [2.05, 4.69) is 0 Å². The number of nitrogens with zero attached hydrogens (tertiary/aromatic N) is 1. The van der Waals surface area contributed by atoms with E-state index in [0.29, 0.717) is 0 Å². The summed E-state index contributed by atoms with van der Waals surface area (Å²) in [6.07, 6.45) is 1.01. The second kappa shape index (κ2) is 5.74. The fraction of sp³-hybridized carbons (Fsp3) is 0.214. The summed E-state index contributed by atoms with van der Waals surface area (Å²) >= 11 is 0. The topological polar surface area (TPSA) is 85.6 Å². The van der Waals surface area contributed by atoms with Gasteiger partial charge in [-0.1, -0.05) is 6.07 Å². The SMILES string of the molecule is CCOC(=O)c1cn(CC(=O)O)c2c(F)cccc2c1=O. The van der Waals surface area contributed by atoms with Crippen LogP contribution in [-0.4, -0.2) is 28.2 Å². The largest absolute Gasteiger partial charge is 0.480 e. The Morgan fingerprint density at radius 1 is 1.38 bits per heavy atom. The third-order valence-corrected chi connectivity index (χ3v) is 2.85. The predicted molar refractivity (Wildman–Crippen MR) is 71.8 cm³/mol. The number of fused-ring (bicyclic) bond motifs is 1. The number of pyridine rings is 1. The molecule has 2 aromatic rings. The van der Waals surface area contributed by atoms with Gasteiger partial charge in [-0.3, -0.25) is 9.59 Å². The molecule has 2 rings (SSSR count). The lowest BCUT2D eigenvalue weighted by atomic mass is 10.1. The summed E-state index contributed by atoms with van der Waals surface area (Å²) in [5, 5.41) is 8.81. The molecule has 7 heteroatoms. The molecule has 0 saturated heterocycles. The summed E-state index contributed by atoms with van der Waals surface area (Å²) < 4.78 is 19.7. The maximum Gasteiger partial charge on any atom is 0.343 e. The van der Waals surface area contributed by atoms with Crippen molar-refractivity contribution in [2.45, 2.75) is 13.5 Å². The number of aromatic nitrogens is 1. The Balaban J connectivity index is 2.79. The highest BCUT2D eigenvalue weighted by Gasteiger charge is 2.19. The van der Waals surface area contributed by atoms with Crippen LogP contribution in [0.4, 0.5) is 4.39 Å². The number of carbonyl (C=O) groups excluding carboxylic acids is 1. The Labute approximate surface area is 118 Å². The van der Waals surface area contributed by atoms with E-state index >= 15 is 0 Å². The molecule has 1 aromatic carbocycles. The van der Waals surface area contributed by atoms with Gasteiger partial charge in [-0.15, -0.1) is 0 Å². The Hall–Kier alpha value is -2.70. The van der Waals surface area contributed by atoms with Crippen molar-refractivity contribution in [3.63, 3.8) is 0 Å². The van der Waals surface area contributed by atoms with Gasteiger partial charge < -0.3 is 14.4 Å². The molecule has 0 amide bonds. The Morgan fingerprint density at radius 2 is 2.10 bits per heavy atom. The molecular weight excluding hydrogens is 281 g/mol. The number of rotatable bonds is 4. The van der Waals surface area contributed by atoms with Crippen LogP contribution in [0.25, 0.3) is 10.9 Å². The summed E-state index contributed by atoms with van der Waals surface area (Å²) in [7, 11) is 0. The molecule has 21 heavy (non-hydrogen) atoms. The first-order valence-electron chi connectivity index (χ1n) is 6.16. The lowest BCUT2D eigenvalue weighted by Gasteiger charge is -2.11. The molecule has 0 fully saturated rings. The van der Waals surface area contributed by atoms with Gasteiger partial charge in [0.25, 0.3) is 0 Å². The average Bonchev–Trinajstić information content (AvgIpc) is 2.41. The fourth-order valence-corrected chi connectivity index (χ4v) is 2.04. The average molecular weight is 293 g/mol. The molecule has 0 saturated carbocycles. The number of hydrogen-bond acceptors (Lipinski definition) is 4. The molecule has 0 aliphatic carbocycles. The maximum absolute atomic E-state index is 13.9. The standard InChI is InChI=1S/C14H12FNO5/c1-2-21-14(20)9-6-16(7-11(17)18)12-8(13(9)19)4-3-5-10(12)15/h3-6H,2,7H2,1H3,(H,17,18). The molecule has 1 heterocycles. The summed E-state index contributed by atoms with van der Waals surface area (Å²) in [4.78, 5) is 34.8. The highest BCUT2D eigenvalue weighted by molar-refractivity contribution is 5.94. The van der Waals surface area contributed by atoms with Gasteiger partial charge in [-0.05, 0) is 19.1 Å². The quantitative estimate of drug-likeness (QED) is 0.861. The zero-order chi connectivity index (χ0) is 15.6. The summed E-state index contributed by atoms with van der Waals surface area (Å²) in [6, 6.07) is 3.77. The number of esters is 1. The number of ether oxygens (including phenoxy) is 1. The van der Waals surface area contributed by atoms with Crippen molar-refractivity contribution < 1.29 is 23.8 Å². The zero-order valence-corrected chi connectivity index (χ0v) is 11.1. The predicted octanol–water partition coefficient (Wildman–Crippen LogP) is 1.40. The highest BCUT2D eigenvalue weighted by atomic mass is 19.1. The Kier molecular flexibility index (Phi) is 4.02. The van der Waals surface area contributed by atoms with Crippen LogP contribution < -0.4 is 5.43 Å². The molecular formula is C14H12FNO5. The minimum atomic E-state index is -1.22. The zero-order valence-electron chi connectivity index (χ0n) is 11.1. The Bertz CT molecular complexity index is 781. The van der Waals surface area contributed by atoms with Gasteiger partial charge >= 0.3 is 11.9 Å². The number of carboxylic acids is 1.